The Morgan fingerprint density at radius 1 is 1.08 bits per heavy atom. The number of nitrogens with two attached hydrogens (primary N) is 1. The molecule has 2 N–H and O–H groups in total. The lowest BCUT2D eigenvalue weighted by atomic mass is 9.77. The molecule has 2 unspecified atom stereocenters. The number of rotatable bonds is 2. The van der Waals surface area contributed by atoms with Crippen LogP contribution in [0.2, 0.25) is 0 Å². The van der Waals surface area contributed by atoms with Crippen LogP contribution in [0.1, 0.15) is 25.7 Å². The summed E-state index contributed by atoms with van der Waals surface area (Å²) in [5.41, 5.74) is 5.79. The van der Waals surface area contributed by atoms with Crippen molar-refractivity contribution in [2.75, 3.05) is 19.6 Å². The number of hydrogen-bond donors (Lipinski definition) is 1. The van der Waals surface area contributed by atoms with Crippen LogP contribution >= 0.6 is 0 Å². The first-order valence-electron chi connectivity index (χ1n) is 5.79. The topological polar surface area (TPSA) is 29.3 Å². The molecular formula is C11H20N2. The van der Waals surface area contributed by atoms with E-state index in [9.17, 15) is 0 Å². The van der Waals surface area contributed by atoms with Gasteiger partial charge in [0.1, 0.15) is 0 Å². The molecule has 0 amide bonds. The molecule has 1 heterocycles. The Kier molecular flexibility index (Phi) is 1.88. The molecule has 0 aromatic rings. The smallest absolute Gasteiger partial charge is 0.00450 e. The highest BCUT2D eigenvalue weighted by molar-refractivity contribution is 4.93. The fourth-order valence-corrected chi connectivity index (χ4v) is 3.31. The molecule has 2 nitrogen and oxygen atoms in total. The van der Waals surface area contributed by atoms with Crippen molar-refractivity contribution in [2.45, 2.75) is 31.7 Å². The van der Waals surface area contributed by atoms with Crippen molar-refractivity contribution in [1.29, 1.82) is 0 Å². The second kappa shape index (κ2) is 2.96. The van der Waals surface area contributed by atoms with Crippen molar-refractivity contribution in [3.05, 3.63) is 0 Å². The molecule has 0 aromatic heterocycles. The highest BCUT2D eigenvalue weighted by atomic mass is 15.2. The van der Waals surface area contributed by atoms with Gasteiger partial charge < -0.3 is 10.6 Å². The lowest BCUT2D eigenvalue weighted by molar-refractivity contribution is 0.179. The van der Waals surface area contributed by atoms with Gasteiger partial charge in [-0.05, 0) is 43.4 Å². The third-order valence-electron chi connectivity index (χ3n) is 4.35. The van der Waals surface area contributed by atoms with E-state index in [1.54, 1.807) is 0 Å². The first-order chi connectivity index (χ1) is 6.31. The molecule has 1 aliphatic heterocycles. The Morgan fingerprint density at radius 3 is 2.15 bits per heavy atom. The van der Waals surface area contributed by atoms with E-state index in [-0.39, 0.29) is 0 Å². The molecule has 2 heteroatoms. The van der Waals surface area contributed by atoms with E-state index in [1.807, 2.05) is 0 Å². The maximum Gasteiger partial charge on any atom is 0.00450 e. The zero-order chi connectivity index (χ0) is 8.84. The lowest BCUT2D eigenvalue weighted by Gasteiger charge is -2.35. The van der Waals surface area contributed by atoms with Gasteiger partial charge in [0.15, 0.2) is 0 Å². The van der Waals surface area contributed by atoms with E-state index in [1.165, 1.54) is 45.3 Å². The van der Waals surface area contributed by atoms with E-state index < -0.39 is 0 Å². The summed E-state index contributed by atoms with van der Waals surface area (Å²) in [4.78, 5) is 2.69. The molecule has 2 aliphatic carbocycles. The normalized spacial score (nSPS) is 49.6. The average Bonchev–Trinajstić information content (AvgIpc) is 2.28. The van der Waals surface area contributed by atoms with Crippen LogP contribution in [0, 0.1) is 17.8 Å². The van der Waals surface area contributed by atoms with Gasteiger partial charge in [-0.15, -0.1) is 0 Å². The van der Waals surface area contributed by atoms with Crippen LogP contribution in [-0.4, -0.2) is 30.6 Å². The zero-order valence-electron chi connectivity index (χ0n) is 8.28. The SMILES string of the molecule is NC1CC(CN2CC3CCC3C2)C1. The minimum absolute atomic E-state index is 0.532. The van der Waals surface area contributed by atoms with Crippen LogP contribution in [0.25, 0.3) is 0 Å². The number of nitrogens with zero attached hydrogens (tertiary/aromatic N) is 1. The summed E-state index contributed by atoms with van der Waals surface area (Å²) in [5.74, 6) is 3.09. The van der Waals surface area contributed by atoms with Crippen LogP contribution in [0.3, 0.4) is 0 Å². The van der Waals surface area contributed by atoms with Gasteiger partial charge in [-0.1, -0.05) is 0 Å². The van der Waals surface area contributed by atoms with Gasteiger partial charge in [0.2, 0.25) is 0 Å². The molecule has 0 spiro atoms. The molecule has 74 valence electrons. The molecule has 1 saturated heterocycles. The summed E-state index contributed by atoms with van der Waals surface area (Å²) >= 11 is 0. The van der Waals surface area contributed by atoms with Crippen molar-refractivity contribution >= 4 is 0 Å². The Balaban J connectivity index is 1.46. The van der Waals surface area contributed by atoms with E-state index in [2.05, 4.69) is 4.90 Å². The second-order valence-electron chi connectivity index (χ2n) is 5.41. The maximum atomic E-state index is 5.79. The van der Waals surface area contributed by atoms with Gasteiger partial charge in [-0.25, -0.2) is 0 Å². The molecule has 3 rings (SSSR count). The third-order valence-corrected chi connectivity index (χ3v) is 4.35. The van der Waals surface area contributed by atoms with Crippen LogP contribution in [0.4, 0.5) is 0 Å². The zero-order valence-corrected chi connectivity index (χ0v) is 8.28. The van der Waals surface area contributed by atoms with Gasteiger partial charge in [-0.3, -0.25) is 0 Å². The van der Waals surface area contributed by atoms with Crippen molar-refractivity contribution < 1.29 is 0 Å². The van der Waals surface area contributed by atoms with Crippen molar-refractivity contribution in [1.82, 2.24) is 4.90 Å². The van der Waals surface area contributed by atoms with Crippen LogP contribution < -0.4 is 5.73 Å². The number of fused-ring (bicyclic) bond motifs is 1. The summed E-state index contributed by atoms with van der Waals surface area (Å²) in [5, 5.41) is 0. The largest absolute Gasteiger partial charge is 0.328 e. The van der Waals surface area contributed by atoms with Crippen molar-refractivity contribution in [3.63, 3.8) is 0 Å². The van der Waals surface area contributed by atoms with Crippen LogP contribution in [0.15, 0.2) is 0 Å². The highest BCUT2D eigenvalue weighted by Gasteiger charge is 2.40. The lowest BCUT2D eigenvalue weighted by Crippen LogP contribution is -2.42. The first-order valence-corrected chi connectivity index (χ1v) is 5.79. The minimum atomic E-state index is 0.532. The Bertz CT molecular complexity index is 186. The predicted octanol–water partition coefficient (Wildman–Crippen LogP) is 1.07. The number of likely N-dealkylation sites (tertiary alicyclic amines) is 1. The molecule has 3 fully saturated rings. The molecule has 3 aliphatic rings. The fourth-order valence-electron chi connectivity index (χ4n) is 3.31. The summed E-state index contributed by atoms with van der Waals surface area (Å²) in [7, 11) is 0. The van der Waals surface area contributed by atoms with Gasteiger partial charge >= 0.3 is 0 Å². The maximum absolute atomic E-state index is 5.79. The average molecular weight is 180 g/mol. The van der Waals surface area contributed by atoms with E-state index in [0.717, 1.165) is 17.8 Å². The summed E-state index contributed by atoms with van der Waals surface area (Å²) in [6.07, 6.45) is 5.58. The molecule has 13 heavy (non-hydrogen) atoms. The summed E-state index contributed by atoms with van der Waals surface area (Å²) < 4.78 is 0. The second-order valence-corrected chi connectivity index (χ2v) is 5.41. The highest BCUT2D eigenvalue weighted by Crippen LogP contribution is 2.41. The first kappa shape index (κ1) is 8.25. The monoisotopic (exact) mass is 180 g/mol. The van der Waals surface area contributed by atoms with Crippen LogP contribution in [-0.2, 0) is 0 Å². The van der Waals surface area contributed by atoms with Crippen molar-refractivity contribution in [2.24, 2.45) is 23.5 Å². The Labute approximate surface area is 80.5 Å². The summed E-state index contributed by atoms with van der Waals surface area (Å²) in [6, 6.07) is 0.532. The van der Waals surface area contributed by atoms with Gasteiger partial charge in [-0.2, -0.15) is 0 Å². The molecule has 0 aromatic carbocycles. The van der Waals surface area contributed by atoms with E-state index >= 15 is 0 Å². The van der Waals surface area contributed by atoms with Crippen LogP contribution in [0.5, 0.6) is 0 Å². The third kappa shape index (κ3) is 1.40. The van der Waals surface area contributed by atoms with Gasteiger partial charge in [0.05, 0.1) is 0 Å². The predicted molar refractivity (Wildman–Crippen MR) is 53.4 cm³/mol. The van der Waals surface area contributed by atoms with Gasteiger partial charge in [0.25, 0.3) is 0 Å². The molecular weight excluding hydrogens is 160 g/mol. The van der Waals surface area contributed by atoms with E-state index in [4.69, 9.17) is 5.73 Å². The number of hydrogen-bond acceptors (Lipinski definition) is 2. The Hall–Kier alpha value is -0.0800. The molecule has 0 bridgehead atoms. The quantitative estimate of drug-likeness (QED) is 0.688. The van der Waals surface area contributed by atoms with Crippen molar-refractivity contribution in [3.8, 4) is 0 Å². The summed E-state index contributed by atoms with van der Waals surface area (Å²) in [6.45, 7) is 4.15. The molecule has 0 radical (unpaired) electrons. The Morgan fingerprint density at radius 2 is 1.69 bits per heavy atom. The minimum Gasteiger partial charge on any atom is -0.328 e. The molecule has 2 atom stereocenters. The van der Waals surface area contributed by atoms with E-state index in [0.29, 0.717) is 6.04 Å². The molecule has 2 saturated carbocycles. The standard InChI is InChI=1S/C11H20N2/c12-11-3-8(4-11)5-13-6-9-1-2-10(9)7-13/h8-11H,1-7,12H2. The van der Waals surface area contributed by atoms with Gasteiger partial charge in [0, 0.05) is 25.7 Å². The fraction of sp³-hybridized carbons (Fsp3) is 1.00.